The molecule has 0 unspecified atom stereocenters. The van der Waals surface area contributed by atoms with E-state index < -0.39 is 11.9 Å². The topological polar surface area (TPSA) is 80.3 Å². The number of aryl methyl sites for hydroxylation is 1. The Kier molecular flexibility index (Phi) is 12.9. The van der Waals surface area contributed by atoms with Crippen LogP contribution in [0.2, 0.25) is 0 Å². The van der Waals surface area contributed by atoms with Crippen LogP contribution in [0.4, 0.5) is 0 Å². The molecule has 2 aromatic rings. The van der Waals surface area contributed by atoms with E-state index in [4.69, 9.17) is 0 Å². The van der Waals surface area contributed by atoms with Crippen LogP contribution < -0.4 is 69.3 Å². The molecule has 0 aliphatic heterocycles. The molecule has 0 aliphatic rings. The standard InChI is InChI=1S/C8H8O2.C7H6O2.2Na/c1-6-2-4-7(5-3-6)8(9)10;8-7(9)6-4-2-1-3-5-6;;/h2-5H,1H3,(H,9,10);1-5H,(H,8,9);;/q;;2*+1/p-2. The van der Waals surface area contributed by atoms with Gasteiger partial charge in [-0.05, 0) is 18.1 Å². The summed E-state index contributed by atoms with van der Waals surface area (Å²) in [6.07, 6.45) is 0. The maximum Gasteiger partial charge on any atom is 1.00 e. The second-order valence-corrected chi connectivity index (χ2v) is 3.81. The fourth-order valence-electron chi connectivity index (χ4n) is 1.26. The van der Waals surface area contributed by atoms with Crippen molar-refractivity contribution in [3.8, 4) is 0 Å². The molecule has 6 heteroatoms. The summed E-state index contributed by atoms with van der Waals surface area (Å²) < 4.78 is 0. The van der Waals surface area contributed by atoms with Gasteiger partial charge in [0.1, 0.15) is 0 Å². The van der Waals surface area contributed by atoms with E-state index in [0.29, 0.717) is 0 Å². The molecule has 0 amide bonds. The van der Waals surface area contributed by atoms with Crippen molar-refractivity contribution in [2.45, 2.75) is 6.92 Å². The first-order chi connectivity index (χ1) is 9.00. The van der Waals surface area contributed by atoms with Gasteiger partial charge in [-0.3, -0.25) is 0 Å². The van der Waals surface area contributed by atoms with Gasteiger partial charge in [0.25, 0.3) is 0 Å². The van der Waals surface area contributed by atoms with Crippen LogP contribution in [0.15, 0.2) is 54.6 Å². The third-order valence-corrected chi connectivity index (χ3v) is 2.30. The first kappa shape index (κ1) is 22.7. The molecule has 0 heterocycles. The normalized spacial score (nSPS) is 8.24. The van der Waals surface area contributed by atoms with Gasteiger partial charge in [-0.2, -0.15) is 0 Å². The van der Waals surface area contributed by atoms with Crippen LogP contribution in [0.1, 0.15) is 26.3 Å². The zero-order valence-electron chi connectivity index (χ0n) is 12.3. The van der Waals surface area contributed by atoms with Crippen molar-refractivity contribution < 1.29 is 78.9 Å². The predicted molar refractivity (Wildman–Crippen MR) is 66.3 cm³/mol. The van der Waals surface area contributed by atoms with Crippen molar-refractivity contribution in [3.05, 3.63) is 71.3 Å². The SMILES string of the molecule is Cc1ccc(C(=O)[O-])cc1.O=C([O-])c1ccccc1.[Na+].[Na+]. The van der Waals surface area contributed by atoms with E-state index >= 15 is 0 Å². The molecule has 0 saturated carbocycles. The molecule has 0 spiro atoms. The molecule has 2 aromatic carbocycles. The fraction of sp³-hybridized carbons (Fsp3) is 0.0667. The zero-order chi connectivity index (χ0) is 14.3. The van der Waals surface area contributed by atoms with E-state index in [0.717, 1.165) is 5.56 Å². The Labute approximate surface area is 167 Å². The van der Waals surface area contributed by atoms with E-state index in [1.807, 2.05) is 6.92 Å². The van der Waals surface area contributed by atoms with E-state index in [9.17, 15) is 19.8 Å². The van der Waals surface area contributed by atoms with E-state index in [-0.39, 0.29) is 70.2 Å². The third kappa shape index (κ3) is 9.09. The molecule has 4 nitrogen and oxygen atoms in total. The van der Waals surface area contributed by atoms with Gasteiger partial charge in [-0.25, -0.2) is 0 Å². The molecule has 0 radical (unpaired) electrons. The molecule has 0 aliphatic carbocycles. The molecule has 21 heavy (non-hydrogen) atoms. The van der Waals surface area contributed by atoms with E-state index in [1.165, 1.54) is 24.3 Å². The first-order valence-electron chi connectivity index (χ1n) is 5.55. The number of rotatable bonds is 2. The Morgan fingerprint density at radius 2 is 1.10 bits per heavy atom. The average Bonchev–Trinajstić information content (AvgIpc) is 2.41. The van der Waals surface area contributed by atoms with Crippen molar-refractivity contribution >= 4 is 11.9 Å². The second-order valence-electron chi connectivity index (χ2n) is 3.81. The molecule has 98 valence electrons. The molecule has 0 N–H and O–H groups in total. The van der Waals surface area contributed by atoms with Crippen molar-refractivity contribution in [3.63, 3.8) is 0 Å². The number of carboxylic acid groups (broad SMARTS) is 2. The van der Waals surface area contributed by atoms with Crippen molar-refractivity contribution in [2.24, 2.45) is 0 Å². The summed E-state index contributed by atoms with van der Waals surface area (Å²) in [5.41, 5.74) is 1.49. The molecule has 0 atom stereocenters. The minimum absolute atomic E-state index is 0. The van der Waals surface area contributed by atoms with Crippen LogP contribution in [0.5, 0.6) is 0 Å². The average molecular weight is 302 g/mol. The van der Waals surface area contributed by atoms with Crippen LogP contribution in [-0.2, 0) is 0 Å². The molecule has 2 rings (SSSR count). The maximum absolute atomic E-state index is 10.2. The van der Waals surface area contributed by atoms with Gasteiger partial charge >= 0.3 is 59.1 Å². The largest absolute Gasteiger partial charge is 1.00 e. The summed E-state index contributed by atoms with van der Waals surface area (Å²) >= 11 is 0. The predicted octanol–water partition coefficient (Wildman–Crippen LogP) is -5.58. The number of carboxylic acids is 2. The van der Waals surface area contributed by atoms with Crippen molar-refractivity contribution in [1.29, 1.82) is 0 Å². The number of carbonyl (C=O) groups is 2. The van der Waals surface area contributed by atoms with E-state index in [1.54, 1.807) is 30.3 Å². The molecule has 0 aromatic heterocycles. The molecule has 0 fully saturated rings. The Balaban J connectivity index is 0. The Bertz CT molecular complexity index is 554. The van der Waals surface area contributed by atoms with Crippen LogP contribution in [0.25, 0.3) is 0 Å². The quantitative estimate of drug-likeness (QED) is 0.518. The van der Waals surface area contributed by atoms with Crippen LogP contribution in [0.3, 0.4) is 0 Å². The fourth-order valence-corrected chi connectivity index (χ4v) is 1.26. The van der Waals surface area contributed by atoms with Gasteiger partial charge in [0.05, 0.1) is 11.9 Å². The van der Waals surface area contributed by atoms with Gasteiger partial charge in [0, 0.05) is 0 Å². The van der Waals surface area contributed by atoms with Gasteiger partial charge in [0.2, 0.25) is 0 Å². The van der Waals surface area contributed by atoms with Gasteiger partial charge < -0.3 is 19.8 Å². The molecular weight excluding hydrogens is 290 g/mol. The van der Waals surface area contributed by atoms with Crippen LogP contribution >= 0.6 is 0 Å². The van der Waals surface area contributed by atoms with Gasteiger partial charge in [-0.1, -0.05) is 60.2 Å². The number of hydrogen-bond donors (Lipinski definition) is 0. The number of aromatic carboxylic acids is 2. The van der Waals surface area contributed by atoms with Crippen LogP contribution in [-0.4, -0.2) is 11.9 Å². The van der Waals surface area contributed by atoms with E-state index in [2.05, 4.69) is 0 Å². The molecular formula is C15H12Na2O4. The summed E-state index contributed by atoms with van der Waals surface area (Å²) in [4.78, 5) is 20.3. The van der Waals surface area contributed by atoms with Crippen molar-refractivity contribution in [1.82, 2.24) is 0 Å². The van der Waals surface area contributed by atoms with Crippen molar-refractivity contribution in [2.75, 3.05) is 0 Å². The molecule has 0 bridgehead atoms. The minimum atomic E-state index is -1.13. The van der Waals surface area contributed by atoms with Gasteiger partial charge in [-0.15, -0.1) is 0 Å². The Morgan fingerprint density at radius 1 is 0.714 bits per heavy atom. The maximum atomic E-state index is 10.2. The smallest absolute Gasteiger partial charge is 0.545 e. The monoisotopic (exact) mass is 302 g/mol. The number of hydrogen-bond acceptors (Lipinski definition) is 4. The number of carbonyl (C=O) groups excluding carboxylic acids is 2. The minimum Gasteiger partial charge on any atom is -0.545 e. The Hall–Kier alpha value is -0.620. The summed E-state index contributed by atoms with van der Waals surface area (Å²) in [5, 5.41) is 20.3. The second kappa shape index (κ2) is 12.0. The zero-order valence-corrected chi connectivity index (χ0v) is 16.3. The summed E-state index contributed by atoms with van der Waals surface area (Å²) in [6.45, 7) is 1.90. The summed E-state index contributed by atoms with van der Waals surface area (Å²) in [5.74, 6) is -2.25. The summed E-state index contributed by atoms with van der Waals surface area (Å²) in [7, 11) is 0. The Morgan fingerprint density at radius 3 is 1.43 bits per heavy atom. The molecule has 0 saturated heterocycles. The number of benzene rings is 2. The third-order valence-electron chi connectivity index (χ3n) is 2.30. The van der Waals surface area contributed by atoms with Crippen LogP contribution in [0, 0.1) is 6.92 Å². The first-order valence-corrected chi connectivity index (χ1v) is 5.55. The van der Waals surface area contributed by atoms with Gasteiger partial charge in [0.15, 0.2) is 0 Å². The summed E-state index contributed by atoms with van der Waals surface area (Å²) in [6, 6.07) is 14.6.